The van der Waals surface area contributed by atoms with Crippen LogP contribution >= 0.6 is 0 Å². The van der Waals surface area contributed by atoms with E-state index < -0.39 is 0 Å². The van der Waals surface area contributed by atoms with Crippen molar-refractivity contribution in [2.45, 2.75) is 25.0 Å². The molecule has 1 N–H and O–H groups in total. The van der Waals surface area contributed by atoms with Crippen LogP contribution in [0.1, 0.15) is 24.5 Å². The number of nitrogens with one attached hydrogen (secondary N) is 1. The lowest BCUT2D eigenvalue weighted by molar-refractivity contribution is 0.00152. The van der Waals surface area contributed by atoms with Gasteiger partial charge >= 0.3 is 0 Å². The van der Waals surface area contributed by atoms with E-state index >= 15 is 0 Å². The highest BCUT2D eigenvalue weighted by Crippen LogP contribution is 2.27. The summed E-state index contributed by atoms with van der Waals surface area (Å²) in [6, 6.07) is 7.09. The Morgan fingerprint density at radius 3 is 2.73 bits per heavy atom. The first-order valence-corrected chi connectivity index (χ1v) is 5.34. The standard InChI is InChI=1S/C12H16FNO/c1-14-11-6-7-15-12(8-11)9-2-4-10(13)5-3-9/h2-5,11-12,14H,6-8H2,1H3/t11-,12+/m0/s1. The van der Waals surface area contributed by atoms with Crippen molar-refractivity contribution in [3.05, 3.63) is 35.6 Å². The topological polar surface area (TPSA) is 21.3 Å². The van der Waals surface area contributed by atoms with Crippen molar-refractivity contribution in [1.29, 1.82) is 0 Å². The van der Waals surface area contributed by atoms with Gasteiger partial charge in [-0.25, -0.2) is 4.39 Å². The lowest BCUT2D eigenvalue weighted by Gasteiger charge is -2.29. The molecule has 0 aliphatic carbocycles. The maximum absolute atomic E-state index is 12.7. The summed E-state index contributed by atoms with van der Waals surface area (Å²) < 4.78 is 18.4. The molecule has 1 aliphatic heterocycles. The van der Waals surface area contributed by atoms with Crippen molar-refractivity contribution in [3.63, 3.8) is 0 Å². The molecule has 1 aliphatic rings. The van der Waals surface area contributed by atoms with Crippen LogP contribution in [0.5, 0.6) is 0 Å². The minimum absolute atomic E-state index is 0.108. The molecule has 1 aromatic rings. The Kier molecular flexibility index (Phi) is 3.34. The normalized spacial score (nSPS) is 26.5. The fourth-order valence-electron chi connectivity index (χ4n) is 1.97. The molecule has 1 saturated heterocycles. The number of benzene rings is 1. The van der Waals surface area contributed by atoms with Gasteiger partial charge < -0.3 is 10.1 Å². The van der Waals surface area contributed by atoms with E-state index in [0.717, 1.165) is 25.0 Å². The van der Waals surface area contributed by atoms with Crippen LogP contribution in [0.3, 0.4) is 0 Å². The molecule has 0 saturated carbocycles. The highest BCUT2D eigenvalue weighted by molar-refractivity contribution is 5.19. The minimum Gasteiger partial charge on any atom is -0.373 e. The Bertz CT molecular complexity index is 312. The molecule has 2 nitrogen and oxygen atoms in total. The van der Waals surface area contributed by atoms with Crippen LogP contribution in [-0.4, -0.2) is 19.7 Å². The van der Waals surface area contributed by atoms with Gasteiger partial charge in [0.05, 0.1) is 6.10 Å². The molecule has 0 aromatic heterocycles. The predicted molar refractivity (Wildman–Crippen MR) is 57.2 cm³/mol. The van der Waals surface area contributed by atoms with E-state index in [2.05, 4.69) is 5.32 Å². The summed E-state index contributed by atoms with van der Waals surface area (Å²) in [5.41, 5.74) is 1.07. The van der Waals surface area contributed by atoms with Gasteiger partial charge in [0.15, 0.2) is 0 Å². The lowest BCUT2D eigenvalue weighted by Crippen LogP contribution is -2.33. The van der Waals surface area contributed by atoms with Crippen molar-refractivity contribution in [2.75, 3.05) is 13.7 Å². The lowest BCUT2D eigenvalue weighted by atomic mass is 9.98. The predicted octanol–water partition coefficient (Wildman–Crippen LogP) is 2.27. The molecule has 2 rings (SSSR count). The summed E-state index contributed by atoms with van der Waals surface area (Å²) in [5, 5.41) is 3.26. The first-order chi connectivity index (χ1) is 7.29. The molecule has 3 heteroatoms. The van der Waals surface area contributed by atoms with E-state index in [9.17, 15) is 4.39 Å². The Morgan fingerprint density at radius 2 is 2.07 bits per heavy atom. The summed E-state index contributed by atoms with van der Waals surface area (Å²) in [5.74, 6) is -0.195. The van der Waals surface area contributed by atoms with Gasteiger partial charge in [-0.05, 0) is 37.6 Å². The molecule has 0 radical (unpaired) electrons. The molecular weight excluding hydrogens is 193 g/mol. The van der Waals surface area contributed by atoms with Crippen molar-refractivity contribution < 1.29 is 9.13 Å². The van der Waals surface area contributed by atoms with Crippen molar-refractivity contribution in [1.82, 2.24) is 5.32 Å². The van der Waals surface area contributed by atoms with Crippen LogP contribution in [0.15, 0.2) is 24.3 Å². The average molecular weight is 209 g/mol. The van der Waals surface area contributed by atoms with Gasteiger partial charge in [-0.2, -0.15) is 0 Å². The van der Waals surface area contributed by atoms with Gasteiger partial charge in [0.2, 0.25) is 0 Å². The van der Waals surface area contributed by atoms with E-state index in [1.54, 1.807) is 12.1 Å². The zero-order chi connectivity index (χ0) is 10.7. The van der Waals surface area contributed by atoms with Gasteiger partial charge in [0.1, 0.15) is 5.82 Å². The van der Waals surface area contributed by atoms with Gasteiger partial charge in [0, 0.05) is 12.6 Å². The van der Waals surface area contributed by atoms with Crippen LogP contribution in [0.2, 0.25) is 0 Å². The second kappa shape index (κ2) is 4.73. The highest BCUT2D eigenvalue weighted by Gasteiger charge is 2.22. The monoisotopic (exact) mass is 209 g/mol. The third-order valence-corrected chi connectivity index (χ3v) is 2.93. The van der Waals surface area contributed by atoms with Gasteiger partial charge in [-0.1, -0.05) is 12.1 Å². The Hall–Kier alpha value is -0.930. The first kappa shape index (κ1) is 10.6. The fourth-order valence-corrected chi connectivity index (χ4v) is 1.97. The Morgan fingerprint density at radius 1 is 1.33 bits per heavy atom. The SMILES string of the molecule is CN[C@H]1CCO[C@@H](c2ccc(F)cc2)C1. The Labute approximate surface area is 89.4 Å². The third-order valence-electron chi connectivity index (χ3n) is 2.93. The second-order valence-electron chi connectivity index (χ2n) is 3.92. The quantitative estimate of drug-likeness (QED) is 0.806. The zero-order valence-corrected chi connectivity index (χ0v) is 8.87. The molecule has 0 spiro atoms. The third kappa shape index (κ3) is 2.55. The number of ether oxygens (including phenoxy) is 1. The largest absolute Gasteiger partial charge is 0.373 e. The maximum atomic E-state index is 12.7. The Balaban J connectivity index is 2.06. The van der Waals surface area contributed by atoms with Gasteiger partial charge in [-0.3, -0.25) is 0 Å². The second-order valence-corrected chi connectivity index (χ2v) is 3.92. The van der Waals surface area contributed by atoms with E-state index in [1.807, 2.05) is 7.05 Å². The van der Waals surface area contributed by atoms with Crippen molar-refractivity contribution in [3.8, 4) is 0 Å². The smallest absolute Gasteiger partial charge is 0.123 e. The minimum atomic E-state index is -0.195. The van der Waals surface area contributed by atoms with Crippen molar-refractivity contribution in [2.24, 2.45) is 0 Å². The summed E-state index contributed by atoms with van der Waals surface area (Å²) in [6.45, 7) is 0.771. The highest BCUT2D eigenvalue weighted by atomic mass is 19.1. The molecule has 0 amide bonds. The molecule has 2 atom stereocenters. The van der Waals surface area contributed by atoms with Crippen LogP contribution in [-0.2, 0) is 4.74 Å². The number of halogens is 1. The van der Waals surface area contributed by atoms with Crippen molar-refractivity contribution >= 4 is 0 Å². The summed E-state index contributed by atoms with van der Waals surface area (Å²) in [7, 11) is 1.97. The number of hydrogen-bond donors (Lipinski definition) is 1. The summed E-state index contributed by atoms with van der Waals surface area (Å²) in [4.78, 5) is 0. The molecular formula is C12H16FNO. The van der Waals surface area contributed by atoms with Crippen LogP contribution in [0.4, 0.5) is 4.39 Å². The number of hydrogen-bond acceptors (Lipinski definition) is 2. The molecule has 1 fully saturated rings. The van der Waals surface area contributed by atoms with Crippen LogP contribution in [0, 0.1) is 5.82 Å². The first-order valence-electron chi connectivity index (χ1n) is 5.34. The van der Waals surface area contributed by atoms with Gasteiger partial charge in [0.25, 0.3) is 0 Å². The summed E-state index contributed by atoms with van der Waals surface area (Å²) in [6.07, 6.45) is 2.12. The molecule has 15 heavy (non-hydrogen) atoms. The molecule has 1 heterocycles. The molecule has 82 valence electrons. The van der Waals surface area contributed by atoms with Crippen LogP contribution in [0.25, 0.3) is 0 Å². The van der Waals surface area contributed by atoms with Crippen LogP contribution < -0.4 is 5.32 Å². The maximum Gasteiger partial charge on any atom is 0.123 e. The zero-order valence-electron chi connectivity index (χ0n) is 8.87. The number of rotatable bonds is 2. The van der Waals surface area contributed by atoms with E-state index in [1.165, 1.54) is 12.1 Å². The fraction of sp³-hybridized carbons (Fsp3) is 0.500. The van der Waals surface area contributed by atoms with E-state index in [4.69, 9.17) is 4.74 Å². The van der Waals surface area contributed by atoms with Gasteiger partial charge in [-0.15, -0.1) is 0 Å². The molecule has 1 aromatic carbocycles. The van der Waals surface area contributed by atoms with E-state index in [0.29, 0.717) is 6.04 Å². The summed E-state index contributed by atoms with van der Waals surface area (Å²) >= 11 is 0. The van der Waals surface area contributed by atoms with E-state index in [-0.39, 0.29) is 11.9 Å². The average Bonchev–Trinajstić information content (AvgIpc) is 2.30. The molecule has 0 unspecified atom stereocenters. The molecule has 0 bridgehead atoms.